The van der Waals surface area contributed by atoms with Gasteiger partial charge >= 0.3 is 0 Å². The van der Waals surface area contributed by atoms with Gasteiger partial charge in [-0.15, -0.1) is 0 Å². The molecular weight excluding hydrogens is 380 g/mol. The Kier molecular flexibility index (Phi) is 4.07. The molecule has 2 heterocycles. The summed E-state index contributed by atoms with van der Waals surface area (Å²) in [6.45, 7) is 1.75. The summed E-state index contributed by atoms with van der Waals surface area (Å²) in [4.78, 5) is 11.3. The number of hydrogen-bond acceptors (Lipinski definition) is 5. The first-order chi connectivity index (χ1) is 12.4. The Labute approximate surface area is 155 Å². The number of ether oxygens (including phenoxy) is 1. The van der Waals surface area contributed by atoms with Crippen molar-refractivity contribution in [3.8, 4) is 5.75 Å². The molecule has 26 heavy (non-hydrogen) atoms. The Morgan fingerprint density at radius 3 is 2.85 bits per heavy atom. The number of nitrogens with one attached hydrogen (secondary N) is 1. The van der Waals surface area contributed by atoms with Gasteiger partial charge in [-0.1, -0.05) is 11.6 Å². The molecule has 0 spiro atoms. The number of anilines is 2. The first-order valence-corrected chi connectivity index (χ1v) is 10.00. The van der Waals surface area contributed by atoms with Crippen LogP contribution in [0.4, 0.5) is 11.4 Å². The van der Waals surface area contributed by atoms with E-state index in [1.165, 1.54) is 17.4 Å². The van der Waals surface area contributed by atoms with E-state index < -0.39 is 10.0 Å². The van der Waals surface area contributed by atoms with Crippen LogP contribution >= 0.6 is 11.6 Å². The molecule has 0 saturated heterocycles. The SMILES string of the molecule is CC(=O)Nc1ccc2c(c1)N(S(=O)(=O)c1cn(C3CC3)nc1Cl)CCO2. The van der Waals surface area contributed by atoms with Gasteiger partial charge in [0.25, 0.3) is 10.0 Å². The largest absolute Gasteiger partial charge is 0.489 e. The molecule has 0 atom stereocenters. The summed E-state index contributed by atoms with van der Waals surface area (Å²) in [6.07, 6.45) is 3.43. The molecule has 0 radical (unpaired) electrons. The molecule has 1 amide bonds. The van der Waals surface area contributed by atoms with Crippen LogP contribution in [0.5, 0.6) is 5.75 Å². The van der Waals surface area contributed by atoms with Crippen LogP contribution in [0.25, 0.3) is 0 Å². The van der Waals surface area contributed by atoms with Crippen molar-refractivity contribution < 1.29 is 17.9 Å². The second-order valence-electron chi connectivity index (χ2n) is 6.28. The Bertz CT molecular complexity index is 984. The first-order valence-electron chi connectivity index (χ1n) is 8.18. The van der Waals surface area contributed by atoms with Crippen LogP contribution in [0.2, 0.25) is 5.15 Å². The minimum atomic E-state index is -3.91. The van der Waals surface area contributed by atoms with Crippen molar-refractivity contribution in [1.29, 1.82) is 0 Å². The predicted molar refractivity (Wildman–Crippen MR) is 96.3 cm³/mol. The third-order valence-corrected chi connectivity index (χ3v) is 6.45. The van der Waals surface area contributed by atoms with E-state index in [1.807, 2.05) is 0 Å². The van der Waals surface area contributed by atoms with Crippen molar-refractivity contribution in [2.75, 3.05) is 22.8 Å². The van der Waals surface area contributed by atoms with E-state index in [4.69, 9.17) is 16.3 Å². The van der Waals surface area contributed by atoms with Crippen LogP contribution < -0.4 is 14.4 Å². The fourth-order valence-electron chi connectivity index (χ4n) is 2.89. The van der Waals surface area contributed by atoms with Gasteiger partial charge in [0.05, 0.1) is 18.3 Å². The molecule has 1 N–H and O–H groups in total. The highest BCUT2D eigenvalue weighted by atomic mass is 35.5. The predicted octanol–water partition coefficient (Wildman–Crippen LogP) is 2.42. The average Bonchev–Trinajstić information content (AvgIpc) is 3.35. The lowest BCUT2D eigenvalue weighted by molar-refractivity contribution is -0.114. The quantitative estimate of drug-likeness (QED) is 0.856. The van der Waals surface area contributed by atoms with E-state index in [0.717, 1.165) is 12.8 Å². The molecule has 0 unspecified atom stereocenters. The normalized spacial score (nSPS) is 16.8. The summed E-state index contributed by atoms with van der Waals surface area (Å²) >= 11 is 6.12. The number of aromatic nitrogens is 2. The molecule has 1 fully saturated rings. The van der Waals surface area contributed by atoms with Gasteiger partial charge in [-0.05, 0) is 31.0 Å². The van der Waals surface area contributed by atoms with E-state index in [9.17, 15) is 13.2 Å². The molecule has 1 saturated carbocycles. The van der Waals surface area contributed by atoms with E-state index in [1.54, 1.807) is 22.9 Å². The number of carbonyl (C=O) groups excluding carboxylic acids is 1. The third-order valence-electron chi connectivity index (χ3n) is 4.25. The van der Waals surface area contributed by atoms with Gasteiger partial charge < -0.3 is 10.1 Å². The van der Waals surface area contributed by atoms with Crippen molar-refractivity contribution >= 4 is 38.9 Å². The Balaban J connectivity index is 1.75. The van der Waals surface area contributed by atoms with E-state index >= 15 is 0 Å². The molecule has 1 aromatic carbocycles. The number of fused-ring (bicyclic) bond motifs is 1. The van der Waals surface area contributed by atoms with Crippen molar-refractivity contribution in [2.45, 2.75) is 30.7 Å². The van der Waals surface area contributed by atoms with Crippen molar-refractivity contribution in [3.05, 3.63) is 29.5 Å². The topological polar surface area (TPSA) is 93.5 Å². The fraction of sp³-hybridized carbons (Fsp3) is 0.375. The maximum Gasteiger partial charge on any atom is 0.269 e. The number of hydrogen-bond donors (Lipinski definition) is 1. The van der Waals surface area contributed by atoms with Crippen LogP contribution in [-0.4, -0.2) is 37.3 Å². The highest BCUT2D eigenvalue weighted by Gasteiger charge is 2.35. The zero-order valence-electron chi connectivity index (χ0n) is 14.0. The highest BCUT2D eigenvalue weighted by molar-refractivity contribution is 7.93. The van der Waals surface area contributed by atoms with Crippen LogP contribution in [-0.2, 0) is 14.8 Å². The summed E-state index contributed by atoms with van der Waals surface area (Å²) in [5.41, 5.74) is 0.847. The molecule has 0 bridgehead atoms. The summed E-state index contributed by atoms with van der Waals surface area (Å²) in [5, 5.41) is 6.74. The van der Waals surface area contributed by atoms with Gasteiger partial charge in [0, 0.05) is 18.8 Å². The number of amides is 1. The molecule has 8 nitrogen and oxygen atoms in total. The van der Waals surface area contributed by atoms with Crippen molar-refractivity contribution in [1.82, 2.24) is 9.78 Å². The summed E-state index contributed by atoms with van der Waals surface area (Å²) in [7, 11) is -3.91. The zero-order chi connectivity index (χ0) is 18.5. The van der Waals surface area contributed by atoms with Crippen molar-refractivity contribution in [3.63, 3.8) is 0 Å². The number of halogens is 1. The van der Waals surface area contributed by atoms with Crippen LogP contribution in [0.1, 0.15) is 25.8 Å². The molecule has 1 aromatic heterocycles. The van der Waals surface area contributed by atoms with Gasteiger partial charge in [-0.2, -0.15) is 5.10 Å². The van der Waals surface area contributed by atoms with Gasteiger partial charge in [0.1, 0.15) is 17.3 Å². The summed E-state index contributed by atoms with van der Waals surface area (Å²) < 4.78 is 34.8. The lowest BCUT2D eigenvalue weighted by Crippen LogP contribution is -2.38. The maximum atomic E-state index is 13.2. The van der Waals surface area contributed by atoms with Crippen LogP contribution in [0.15, 0.2) is 29.3 Å². The zero-order valence-corrected chi connectivity index (χ0v) is 15.5. The molecular formula is C16H17ClN4O4S. The van der Waals surface area contributed by atoms with Gasteiger partial charge in [-0.25, -0.2) is 8.42 Å². The second kappa shape index (κ2) is 6.17. The Morgan fingerprint density at radius 1 is 1.38 bits per heavy atom. The molecule has 2 aliphatic rings. The monoisotopic (exact) mass is 396 g/mol. The summed E-state index contributed by atoms with van der Waals surface area (Å²) in [6, 6.07) is 5.10. The number of carbonyl (C=O) groups is 1. The van der Waals surface area contributed by atoms with E-state index in [2.05, 4.69) is 10.4 Å². The van der Waals surface area contributed by atoms with Crippen LogP contribution in [0, 0.1) is 0 Å². The minimum Gasteiger partial charge on any atom is -0.489 e. The highest BCUT2D eigenvalue weighted by Crippen LogP contribution is 2.40. The lowest BCUT2D eigenvalue weighted by atomic mass is 10.2. The number of rotatable bonds is 4. The lowest BCUT2D eigenvalue weighted by Gasteiger charge is -2.30. The molecule has 2 aromatic rings. The molecule has 4 rings (SSSR count). The standard InChI is InChI=1S/C16H17ClN4O4S/c1-10(22)18-11-2-5-14-13(8-11)21(6-7-25-14)26(23,24)15-9-20(12-3-4-12)19-16(15)17/h2,5,8-9,12H,3-4,6-7H2,1H3,(H,18,22). The summed E-state index contributed by atoms with van der Waals surface area (Å²) in [5.74, 6) is 0.185. The van der Waals surface area contributed by atoms with E-state index in [-0.39, 0.29) is 35.1 Å². The number of benzene rings is 1. The smallest absolute Gasteiger partial charge is 0.269 e. The van der Waals surface area contributed by atoms with Crippen molar-refractivity contribution in [2.24, 2.45) is 0 Å². The van der Waals surface area contributed by atoms with Crippen LogP contribution in [0.3, 0.4) is 0 Å². The third kappa shape index (κ3) is 3.01. The molecule has 1 aliphatic heterocycles. The average molecular weight is 397 g/mol. The van der Waals surface area contributed by atoms with Gasteiger partial charge in [0.2, 0.25) is 5.91 Å². The maximum absolute atomic E-state index is 13.2. The molecule has 1 aliphatic carbocycles. The van der Waals surface area contributed by atoms with Gasteiger partial charge in [0.15, 0.2) is 5.15 Å². The second-order valence-corrected chi connectivity index (χ2v) is 8.47. The fourth-order valence-corrected chi connectivity index (χ4v) is 4.77. The number of sulfonamides is 1. The first kappa shape index (κ1) is 17.2. The Morgan fingerprint density at radius 2 is 2.15 bits per heavy atom. The van der Waals surface area contributed by atoms with Gasteiger partial charge in [-0.3, -0.25) is 13.8 Å². The molecule has 138 valence electrons. The molecule has 10 heteroatoms. The number of nitrogens with zero attached hydrogens (tertiary/aromatic N) is 3. The Hall–Kier alpha value is -2.26. The van der Waals surface area contributed by atoms with E-state index in [0.29, 0.717) is 17.1 Å². The minimum absolute atomic E-state index is 0.0242.